The van der Waals surface area contributed by atoms with Gasteiger partial charge in [-0.1, -0.05) is 63.3 Å². The molecule has 0 aromatic heterocycles. The number of aliphatic hydroxyl groups excluding tert-OH is 1. The third kappa shape index (κ3) is 5.89. The molecule has 9 heteroatoms. The van der Waals surface area contributed by atoms with Crippen LogP contribution in [0.1, 0.15) is 46.1 Å². The second-order valence-corrected chi connectivity index (χ2v) is 13.8. The molecule has 2 aromatic carbocycles. The second-order valence-electron chi connectivity index (χ2n) is 13.8. The Morgan fingerprint density at radius 2 is 1.74 bits per heavy atom. The van der Waals surface area contributed by atoms with Crippen molar-refractivity contribution in [2.24, 2.45) is 23.7 Å². The number of carbonyl (C=O) groups excluding carboxylic acids is 3. The smallest absolute Gasteiger partial charge is 0.253 e. The first-order chi connectivity index (χ1) is 22.5. The fraction of sp³-hybridized carbons (Fsp3) is 0.500. The molecular formula is C38H49N3O6. The molecular weight excluding hydrogens is 594 g/mol. The van der Waals surface area contributed by atoms with E-state index in [0.717, 1.165) is 5.56 Å². The molecule has 2 bridgehead atoms. The molecule has 3 aliphatic rings. The number of likely N-dealkylation sites (tertiary alicyclic amines) is 1. The highest BCUT2D eigenvalue weighted by atomic mass is 16.5. The van der Waals surface area contributed by atoms with Gasteiger partial charge in [-0.2, -0.15) is 0 Å². The first kappa shape index (κ1) is 34.4. The van der Waals surface area contributed by atoms with Crippen LogP contribution in [0.4, 0.5) is 5.69 Å². The van der Waals surface area contributed by atoms with Crippen LogP contribution in [-0.4, -0.2) is 82.7 Å². The third-order valence-electron chi connectivity index (χ3n) is 10.4. The SMILES string of the molecule is C=CCN(Cc1ccccc1)C(=O)[C@H]1[C@H]2C(=O)N([C@@H](CO)CC(C)C)C(C(=O)N(CC=C)c3ccc(OC)cc3)C23CC(C)[C@]1(C)O3. The van der Waals surface area contributed by atoms with Gasteiger partial charge < -0.3 is 29.3 Å². The van der Waals surface area contributed by atoms with Crippen LogP contribution >= 0.6 is 0 Å². The summed E-state index contributed by atoms with van der Waals surface area (Å²) in [6.07, 6.45) is 4.26. The molecule has 3 amide bonds. The zero-order chi connectivity index (χ0) is 34.1. The number of fused-ring (bicyclic) bond motifs is 1. The Hall–Kier alpha value is -3.95. The highest BCUT2D eigenvalue weighted by molar-refractivity contribution is 6.05. The summed E-state index contributed by atoms with van der Waals surface area (Å²) in [5.41, 5.74) is -0.657. The molecule has 7 atom stereocenters. The van der Waals surface area contributed by atoms with Gasteiger partial charge in [0.15, 0.2) is 0 Å². The second kappa shape index (κ2) is 13.6. The molecule has 9 nitrogen and oxygen atoms in total. The van der Waals surface area contributed by atoms with E-state index in [9.17, 15) is 14.7 Å². The van der Waals surface area contributed by atoms with Crippen LogP contribution in [-0.2, 0) is 25.7 Å². The first-order valence-electron chi connectivity index (χ1n) is 16.6. The van der Waals surface area contributed by atoms with E-state index in [1.807, 2.05) is 58.0 Å². The average Bonchev–Trinajstić information content (AvgIpc) is 3.58. The van der Waals surface area contributed by atoms with E-state index in [0.29, 0.717) is 37.4 Å². The lowest BCUT2D eigenvalue weighted by Gasteiger charge is -2.40. The molecule has 1 spiro atoms. The van der Waals surface area contributed by atoms with Gasteiger partial charge in [0.05, 0.1) is 37.2 Å². The molecule has 252 valence electrons. The summed E-state index contributed by atoms with van der Waals surface area (Å²) in [4.78, 5) is 49.6. The number of rotatable bonds is 14. The maximum Gasteiger partial charge on any atom is 0.253 e. The average molecular weight is 644 g/mol. The number of aliphatic hydroxyl groups is 1. The van der Waals surface area contributed by atoms with Gasteiger partial charge in [-0.05, 0) is 61.4 Å². The van der Waals surface area contributed by atoms with E-state index in [1.54, 1.807) is 58.2 Å². The number of ether oxygens (including phenoxy) is 2. The Balaban J connectivity index is 1.63. The Morgan fingerprint density at radius 3 is 2.32 bits per heavy atom. The van der Waals surface area contributed by atoms with Crippen molar-refractivity contribution in [1.29, 1.82) is 0 Å². The molecule has 3 aliphatic heterocycles. The molecule has 3 unspecified atom stereocenters. The van der Waals surface area contributed by atoms with Gasteiger partial charge >= 0.3 is 0 Å². The number of anilines is 1. The summed E-state index contributed by atoms with van der Waals surface area (Å²) in [5.74, 6) is -1.89. The van der Waals surface area contributed by atoms with Crippen molar-refractivity contribution in [2.45, 2.75) is 70.4 Å². The molecule has 0 radical (unpaired) electrons. The van der Waals surface area contributed by atoms with E-state index < -0.39 is 35.1 Å². The summed E-state index contributed by atoms with van der Waals surface area (Å²) in [7, 11) is 1.58. The molecule has 0 saturated carbocycles. The van der Waals surface area contributed by atoms with Crippen LogP contribution in [0.2, 0.25) is 0 Å². The Morgan fingerprint density at radius 1 is 1.09 bits per heavy atom. The summed E-state index contributed by atoms with van der Waals surface area (Å²) in [6.45, 7) is 16.3. The zero-order valence-electron chi connectivity index (χ0n) is 28.3. The lowest BCUT2D eigenvalue weighted by Crippen LogP contribution is -2.59. The van der Waals surface area contributed by atoms with Crippen molar-refractivity contribution in [3.63, 3.8) is 0 Å². The minimum atomic E-state index is -1.26. The monoisotopic (exact) mass is 643 g/mol. The Bertz CT molecular complexity index is 1480. The van der Waals surface area contributed by atoms with Gasteiger partial charge in [0.1, 0.15) is 17.4 Å². The van der Waals surface area contributed by atoms with Crippen molar-refractivity contribution >= 4 is 23.4 Å². The van der Waals surface area contributed by atoms with Crippen LogP contribution in [0, 0.1) is 23.7 Å². The number of nitrogens with zero attached hydrogens (tertiary/aromatic N) is 3. The Kier molecular flexibility index (Phi) is 9.99. The van der Waals surface area contributed by atoms with E-state index in [2.05, 4.69) is 13.2 Å². The topological polar surface area (TPSA) is 99.6 Å². The maximum absolute atomic E-state index is 15.0. The molecule has 1 N–H and O–H groups in total. The minimum absolute atomic E-state index is 0.121. The van der Waals surface area contributed by atoms with Crippen LogP contribution in [0.25, 0.3) is 0 Å². The van der Waals surface area contributed by atoms with Crippen molar-refractivity contribution in [2.75, 3.05) is 31.7 Å². The highest BCUT2D eigenvalue weighted by Crippen LogP contribution is 2.66. The largest absolute Gasteiger partial charge is 0.497 e. The van der Waals surface area contributed by atoms with Crippen molar-refractivity contribution in [1.82, 2.24) is 9.80 Å². The fourth-order valence-electron chi connectivity index (χ4n) is 8.30. The van der Waals surface area contributed by atoms with E-state index >= 15 is 4.79 Å². The Labute approximate surface area is 278 Å². The molecule has 3 saturated heterocycles. The number of carbonyl (C=O) groups is 3. The number of hydrogen-bond donors (Lipinski definition) is 1. The van der Waals surface area contributed by atoms with Gasteiger partial charge in [-0.3, -0.25) is 14.4 Å². The van der Waals surface area contributed by atoms with Crippen LogP contribution in [0.15, 0.2) is 79.9 Å². The third-order valence-corrected chi connectivity index (χ3v) is 10.4. The van der Waals surface area contributed by atoms with Gasteiger partial charge in [-0.15, -0.1) is 13.2 Å². The van der Waals surface area contributed by atoms with E-state index in [1.165, 1.54) is 0 Å². The molecule has 3 heterocycles. The van der Waals surface area contributed by atoms with Gasteiger partial charge in [0.2, 0.25) is 11.8 Å². The molecule has 3 fully saturated rings. The highest BCUT2D eigenvalue weighted by Gasteiger charge is 2.80. The molecule has 5 rings (SSSR count). The van der Waals surface area contributed by atoms with E-state index in [4.69, 9.17) is 9.47 Å². The normalized spacial score (nSPS) is 28.2. The van der Waals surface area contributed by atoms with Crippen LogP contribution in [0.5, 0.6) is 5.75 Å². The molecule has 0 aliphatic carbocycles. The van der Waals surface area contributed by atoms with Crippen molar-refractivity contribution in [3.8, 4) is 5.75 Å². The summed E-state index contributed by atoms with van der Waals surface area (Å²) < 4.78 is 12.4. The first-order valence-corrected chi connectivity index (χ1v) is 16.6. The fourth-order valence-corrected chi connectivity index (χ4v) is 8.30. The quantitative estimate of drug-likeness (QED) is 0.296. The van der Waals surface area contributed by atoms with E-state index in [-0.39, 0.29) is 42.7 Å². The molecule has 2 aromatic rings. The van der Waals surface area contributed by atoms with Gasteiger partial charge in [-0.25, -0.2) is 0 Å². The number of hydrogen-bond acceptors (Lipinski definition) is 6. The maximum atomic E-state index is 15.0. The minimum Gasteiger partial charge on any atom is -0.497 e. The molecule has 47 heavy (non-hydrogen) atoms. The van der Waals surface area contributed by atoms with Crippen molar-refractivity contribution in [3.05, 3.63) is 85.5 Å². The van der Waals surface area contributed by atoms with Crippen molar-refractivity contribution < 1.29 is 29.0 Å². The summed E-state index contributed by atoms with van der Waals surface area (Å²) in [5, 5.41) is 10.7. The predicted molar refractivity (Wildman–Crippen MR) is 182 cm³/mol. The standard InChI is InChI=1S/C38H49N3O6/c1-8-19-39(23-27-13-11-10-12-14-27)34(43)31-32-35(44)41(29(24-42)21-25(3)4)33(38(32)22-26(5)37(31,6)47-38)36(45)40(20-9-2)28-15-17-30(46-7)18-16-28/h8-18,25-26,29,31-33,42H,1-2,19-24H2,3-7H3/t26?,29-,31-,32+,33?,37+,38?/m1/s1. The predicted octanol–water partition coefficient (Wildman–Crippen LogP) is 4.85. The number of methoxy groups -OCH3 is 1. The van der Waals surface area contributed by atoms with Crippen LogP contribution < -0.4 is 9.64 Å². The zero-order valence-corrected chi connectivity index (χ0v) is 28.3. The lowest BCUT2D eigenvalue weighted by molar-refractivity contribution is -0.154. The number of benzene rings is 2. The van der Waals surface area contributed by atoms with Gasteiger partial charge in [0, 0.05) is 25.3 Å². The summed E-state index contributed by atoms with van der Waals surface area (Å²) in [6, 6.07) is 15.2. The van der Waals surface area contributed by atoms with Crippen LogP contribution in [0.3, 0.4) is 0 Å². The van der Waals surface area contributed by atoms with Gasteiger partial charge in [0.25, 0.3) is 5.91 Å². The summed E-state index contributed by atoms with van der Waals surface area (Å²) >= 11 is 0. The lowest BCUT2D eigenvalue weighted by atomic mass is 9.62. The number of amides is 3.